The fourth-order valence-corrected chi connectivity index (χ4v) is 2.87. The van der Waals surface area contributed by atoms with E-state index in [0.717, 1.165) is 30.4 Å². The topological polar surface area (TPSA) is 66.6 Å². The number of allylic oxidation sites excluding steroid dienone is 1. The van der Waals surface area contributed by atoms with Gasteiger partial charge in [0.05, 0.1) is 6.54 Å². The van der Waals surface area contributed by atoms with E-state index in [9.17, 15) is 0 Å². The molecule has 23 heavy (non-hydrogen) atoms. The number of guanidine groups is 1. The Morgan fingerprint density at radius 1 is 1.26 bits per heavy atom. The molecule has 0 unspecified atom stereocenters. The predicted molar refractivity (Wildman–Crippen MR) is 92.4 cm³/mol. The van der Waals surface area contributed by atoms with Crippen LogP contribution in [0.2, 0.25) is 0 Å². The maximum atomic E-state index is 4.27. The van der Waals surface area contributed by atoms with Crippen molar-refractivity contribution in [3.8, 4) is 0 Å². The molecule has 0 amide bonds. The van der Waals surface area contributed by atoms with Gasteiger partial charge in [-0.2, -0.15) is 0 Å². The van der Waals surface area contributed by atoms with Gasteiger partial charge in [0, 0.05) is 19.8 Å². The van der Waals surface area contributed by atoms with E-state index in [1.807, 2.05) is 28.8 Å². The Hall–Kier alpha value is -2.37. The molecule has 2 aromatic rings. The number of hydrogen-bond donors (Lipinski definition) is 2. The van der Waals surface area contributed by atoms with Crippen LogP contribution in [0.1, 0.15) is 37.9 Å². The highest BCUT2D eigenvalue weighted by molar-refractivity contribution is 5.79. The largest absolute Gasteiger partial charge is 0.356 e. The number of aliphatic imine (C=N–C) groups is 1. The summed E-state index contributed by atoms with van der Waals surface area (Å²) in [6.45, 7) is 1.50. The van der Waals surface area contributed by atoms with E-state index >= 15 is 0 Å². The van der Waals surface area contributed by atoms with Crippen LogP contribution in [0.4, 0.5) is 0 Å². The molecule has 0 bridgehead atoms. The SMILES string of the molecule is CN=C(NCCC1=CCCCC1)NCc1nnc2ccccn12. The Labute approximate surface area is 136 Å². The smallest absolute Gasteiger partial charge is 0.191 e. The summed E-state index contributed by atoms with van der Waals surface area (Å²) in [5, 5.41) is 15.0. The zero-order chi connectivity index (χ0) is 15.9. The lowest BCUT2D eigenvalue weighted by atomic mass is 9.97. The van der Waals surface area contributed by atoms with Crippen molar-refractivity contribution in [1.82, 2.24) is 25.2 Å². The van der Waals surface area contributed by atoms with Gasteiger partial charge in [0.25, 0.3) is 0 Å². The third-order valence-electron chi connectivity index (χ3n) is 4.15. The number of rotatable bonds is 5. The zero-order valence-electron chi connectivity index (χ0n) is 13.6. The number of nitrogens with one attached hydrogen (secondary N) is 2. The molecule has 0 saturated carbocycles. The van der Waals surface area contributed by atoms with E-state index in [1.54, 1.807) is 12.6 Å². The van der Waals surface area contributed by atoms with Gasteiger partial charge in [-0.1, -0.05) is 17.7 Å². The second-order valence-corrected chi connectivity index (χ2v) is 5.76. The molecule has 0 spiro atoms. The Kier molecular flexibility index (Phi) is 5.24. The van der Waals surface area contributed by atoms with E-state index in [-0.39, 0.29) is 0 Å². The predicted octanol–water partition coefficient (Wildman–Crippen LogP) is 2.28. The van der Waals surface area contributed by atoms with Crippen LogP contribution in [0.3, 0.4) is 0 Å². The van der Waals surface area contributed by atoms with Gasteiger partial charge in [0.1, 0.15) is 0 Å². The van der Waals surface area contributed by atoms with Crippen molar-refractivity contribution in [2.24, 2.45) is 4.99 Å². The van der Waals surface area contributed by atoms with Crippen molar-refractivity contribution in [3.05, 3.63) is 41.9 Å². The van der Waals surface area contributed by atoms with Crippen molar-refractivity contribution in [2.45, 2.75) is 38.6 Å². The van der Waals surface area contributed by atoms with E-state index in [1.165, 1.54) is 25.7 Å². The van der Waals surface area contributed by atoms with Crippen LogP contribution < -0.4 is 10.6 Å². The molecule has 1 aliphatic rings. The molecule has 2 aromatic heterocycles. The Balaban J connectivity index is 1.49. The molecule has 0 radical (unpaired) electrons. The zero-order valence-corrected chi connectivity index (χ0v) is 13.6. The van der Waals surface area contributed by atoms with Gasteiger partial charge in [0.15, 0.2) is 17.4 Å². The number of pyridine rings is 1. The molecule has 0 aliphatic heterocycles. The maximum absolute atomic E-state index is 4.27. The molecule has 0 atom stereocenters. The van der Waals surface area contributed by atoms with Crippen molar-refractivity contribution in [2.75, 3.05) is 13.6 Å². The van der Waals surface area contributed by atoms with Gasteiger partial charge in [-0.05, 0) is 44.2 Å². The van der Waals surface area contributed by atoms with Crippen LogP contribution >= 0.6 is 0 Å². The first-order valence-corrected chi connectivity index (χ1v) is 8.28. The van der Waals surface area contributed by atoms with Gasteiger partial charge in [-0.15, -0.1) is 10.2 Å². The first-order chi connectivity index (χ1) is 11.4. The molecule has 0 fully saturated rings. The summed E-state index contributed by atoms with van der Waals surface area (Å²) in [5.41, 5.74) is 2.43. The molecule has 2 N–H and O–H groups in total. The second kappa shape index (κ2) is 7.76. The third kappa shape index (κ3) is 4.09. The number of hydrogen-bond acceptors (Lipinski definition) is 3. The number of fused-ring (bicyclic) bond motifs is 1. The molecule has 3 rings (SSSR count). The Morgan fingerprint density at radius 3 is 3.04 bits per heavy atom. The second-order valence-electron chi connectivity index (χ2n) is 5.76. The van der Waals surface area contributed by atoms with E-state index in [2.05, 4.69) is 31.9 Å². The molecule has 2 heterocycles. The van der Waals surface area contributed by atoms with Crippen molar-refractivity contribution < 1.29 is 0 Å². The van der Waals surface area contributed by atoms with Gasteiger partial charge < -0.3 is 10.6 Å². The lowest BCUT2D eigenvalue weighted by Crippen LogP contribution is -2.37. The molecular formula is C17H24N6. The molecular weight excluding hydrogens is 288 g/mol. The quantitative estimate of drug-likeness (QED) is 0.505. The molecule has 6 heteroatoms. The van der Waals surface area contributed by atoms with E-state index in [0.29, 0.717) is 6.54 Å². The van der Waals surface area contributed by atoms with Crippen molar-refractivity contribution in [3.63, 3.8) is 0 Å². The maximum Gasteiger partial charge on any atom is 0.191 e. The monoisotopic (exact) mass is 312 g/mol. The number of nitrogens with zero attached hydrogens (tertiary/aromatic N) is 4. The molecule has 1 aliphatic carbocycles. The summed E-state index contributed by atoms with van der Waals surface area (Å²) in [6.07, 6.45) is 10.6. The average Bonchev–Trinajstić information content (AvgIpc) is 3.02. The highest BCUT2D eigenvalue weighted by atomic mass is 15.3. The Bertz CT molecular complexity index is 700. The highest BCUT2D eigenvalue weighted by Gasteiger charge is 2.06. The summed E-state index contributed by atoms with van der Waals surface area (Å²) >= 11 is 0. The standard InChI is InChI=1S/C17H24N6/c1-18-17(19-11-10-14-7-3-2-4-8-14)20-13-16-22-21-15-9-5-6-12-23(15)16/h5-7,9,12H,2-4,8,10-11,13H2,1H3,(H2,18,19,20). The third-order valence-corrected chi connectivity index (χ3v) is 4.15. The highest BCUT2D eigenvalue weighted by Crippen LogP contribution is 2.19. The first kappa shape index (κ1) is 15.5. The minimum Gasteiger partial charge on any atom is -0.356 e. The summed E-state index contributed by atoms with van der Waals surface area (Å²) in [7, 11) is 1.79. The van der Waals surface area contributed by atoms with Crippen molar-refractivity contribution in [1.29, 1.82) is 0 Å². The van der Waals surface area contributed by atoms with Crippen LogP contribution in [-0.2, 0) is 6.54 Å². The van der Waals surface area contributed by atoms with Gasteiger partial charge in [0.2, 0.25) is 0 Å². The summed E-state index contributed by atoms with van der Waals surface area (Å²) in [6, 6.07) is 5.88. The van der Waals surface area contributed by atoms with Gasteiger partial charge in [-0.25, -0.2) is 0 Å². The van der Waals surface area contributed by atoms with E-state index < -0.39 is 0 Å². The fourth-order valence-electron chi connectivity index (χ4n) is 2.87. The molecule has 0 aromatic carbocycles. The average molecular weight is 312 g/mol. The normalized spacial score (nSPS) is 15.5. The molecule has 122 valence electrons. The minimum absolute atomic E-state index is 0.591. The van der Waals surface area contributed by atoms with Crippen LogP contribution in [0, 0.1) is 0 Å². The minimum atomic E-state index is 0.591. The summed E-state index contributed by atoms with van der Waals surface area (Å²) < 4.78 is 1.98. The lowest BCUT2D eigenvalue weighted by molar-refractivity contribution is 0.664. The van der Waals surface area contributed by atoms with Crippen LogP contribution in [-0.4, -0.2) is 34.2 Å². The number of aromatic nitrogens is 3. The molecule has 0 saturated heterocycles. The van der Waals surface area contributed by atoms with Crippen LogP contribution in [0.25, 0.3) is 5.65 Å². The lowest BCUT2D eigenvalue weighted by Gasteiger charge is -2.15. The summed E-state index contributed by atoms with van der Waals surface area (Å²) in [4.78, 5) is 4.27. The van der Waals surface area contributed by atoms with Crippen molar-refractivity contribution >= 4 is 11.6 Å². The Morgan fingerprint density at radius 2 is 2.22 bits per heavy atom. The van der Waals surface area contributed by atoms with E-state index in [4.69, 9.17) is 0 Å². The summed E-state index contributed by atoms with van der Waals surface area (Å²) in [5.74, 6) is 1.67. The van der Waals surface area contributed by atoms with Crippen LogP contribution in [0.15, 0.2) is 41.0 Å². The first-order valence-electron chi connectivity index (χ1n) is 8.28. The fraction of sp³-hybridized carbons (Fsp3) is 0.471. The molecule has 6 nitrogen and oxygen atoms in total. The van der Waals surface area contributed by atoms with Gasteiger partial charge in [-0.3, -0.25) is 9.39 Å². The van der Waals surface area contributed by atoms with Gasteiger partial charge >= 0.3 is 0 Å². The van der Waals surface area contributed by atoms with Crippen LogP contribution in [0.5, 0.6) is 0 Å².